The molecule has 8 heteroatoms. The summed E-state index contributed by atoms with van der Waals surface area (Å²) in [5, 5.41) is 4.53. The summed E-state index contributed by atoms with van der Waals surface area (Å²) in [7, 11) is 1.72. The molecule has 1 aromatic carbocycles. The highest BCUT2D eigenvalue weighted by Crippen LogP contribution is 2.32. The van der Waals surface area contributed by atoms with Crippen LogP contribution >= 0.6 is 11.3 Å². The van der Waals surface area contributed by atoms with Crippen LogP contribution < -0.4 is 20.5 Å². The van der Waals surface area contributed by atoms with Crippen molar-refractivity contribution in [2.45, 2.75) is 19.0 Å². The molecule has 3 rings (SSSR count). The first kappa shape index (κ1) is 17.1. The fourth-order valence-corrected chi connectivity index (χ4v) is 3.39. The standard InChI is InChI=1S/C17H19N3O4S/c1-20(9-11-4-5-13-14(7-11)24-10-23-13)16(21)8-12(19-17(18)22)15-3-2-6-25-15/h2-7,12H,8-10H2,1H3,(H3,18,19,22)/t12-/m1/s1. The normalized spacial score (nSPS) is 13.3. The highest BCUT2D eigenvalue weighted by atomic mass is 32.1. The van der Waals surface area contributed by atoms with E-state index in [2.05, 4.69) is 5.32 Å². The highest BCUT2D eigenvalue weighted by Gasteiger charge is 2.21. The van der Waals surface area contributed by atoms with Crippen molar-refractivity contribution < 1.29 is 19.1 Å². The van der Waals surface area contributed by atoms with Crippen molar-refractivity contribution in [3.8, 4) is 11.5 Å². The number of hydrogen-bond acceptors (Lipinski definition) is 5. The molecule has 0 bridgehead atoms. The Morgan fingerprint density at radius 2 is 2.12 bits per heavy atom. The SMILES string of the molecule is CN(Cc1ccc2c(c1)OCO2)C(=O)C[C@@H](NC(N)=O)c1cccs1. The summed E-state index contributed by atoms with van der Waals surface area (Å²) >= 11 is 1.47. The third-order valence-electron chi connectivity index (χ3n) is 3.86. The fraction of sp³-hybridized carbons (Fsp3) is 0.294. The topological polar surface area (TPSA) is 93.9 Å². The molecule has 7 nitrogen and oxygen atoms in total. The lowest BCUT2D eigenvalue weighted by Gasteiger charge is -2.21. The first-order valence-electron chi connectivity index (χ1n) is 7.75. The van der Waals surface area contributed by atoms with Gasteiger partial charge < -0.3 is 25.4 Å². The minimum atomic E-state index is -0.648. The molecule has 1 atom stereocenters. The Morgan fingerprint density at radius 1 is 1.32 bits per heavy atom. The molecule has 3 N–H and O–H groups in total. The molecule has 25 heavy (non-hydrogen) atoms. The molecule has 1 aliphatic heterocycles. The predicted octanol–water partition coefficient (Wildman–Crippen LogP) is 2.23. The predicted molar refractivity (Wildman–Crippen MR) is 93.4 cm³/mol. The van der Waals surface area contributed by atoms with Crippen LogP contribution in [0.25, 0.3) is 0 Å². The number of primary amides is 1. The van der Waals surface area contributed by atoms with Gasteiger partial charge in [-0.15, -0.1) is 11.3 Å². The number of nitrogens with zero attached hydrogens (tertiary/aromatic N) is 1. The number of benzene rings is 1. The number of nitrogens with two attached hydrogens (primary N) is 1. The van der Waals surface area contributed by atoms with Crippen LogP contribution in [0, 0.1) is 0 Å². The third kappa shape index (κ3) is 4.21. The maximum absolute atomic E-state index is 12.6. The molecule has 1 aromatic heterocycles. The van der Waals surface area contributed by atoms with Crippen LogP contribution in [0.1, 0.15) is 22.9 Å². The van der Waals surface area contributed by atoms with Crippen molar-refractivity contribution in [2.75, 3.05) is 13.8 Å². The summed E-state index contributed by atoms with van der Waals surface area (Å²) < 4.78 is 10.6. The number of nitrogens with one attached hydrogen (secondary N) is 1. The van der Waals surface area contributed by atoms with Gasteiger partial charge in [-0.3, -0.25) is 4.79 Å². The lowest BCUT2D eigenvalue weighted by Crippen LogP contribution is -2.36. The number of ether oxygens (including phenoxy) is 2. The first-order valence-corrected chi connectivity index (χ1v) is 8.63. The van der Waals surface area contributed by atoms with Gasteiger partial charge in [0.1, 0.15) is 0 Å². The van der Waals surface area contributed by atoms with E-state index in [1.54, 1.807) is 11.9 Å². The maximum atomic E-state index is 12.6. The number of carbonyl (C=O) groups is 2. The molecule has 132 valence electrons. The van der Waals surface area contributed by atoms with E-state index in [0.29, 0.717) is 18.0 Å². The van der Waals surface area contributed by atoms with Crippen LogP contribution in [-0.4, -0.2) is 30.7 Å². The lowest BCUT2D eigenvalue weighted by molar-refractivity contribution is -0.130. The molecule has 1 aliphatic rings. The van der Waals surface area contributed by atoms with E-state index in [9.17, 15) is 9.59 Å². The van der Waals surface area contributed by atoms with Gasteiger partial charge in [0.15, 0.2) is 11.5 Å². The highest BCUT2D eigenvalue weighted by molar-refractivity contribution is 7.10. The van der Waals surface area contributed by atoms with Crippen molar-refractivity contribution in [2.24, 2.45) is 5.73 Å². The van der Waals surface area contributed by atoms with Gasteiger partial charge in [0.05, 0.1) is 12.5 Å². The number of amides is 3. The van der Waals surface area contributed by atoms with Crippen molar-refractivity contribution in [1.29, 1.82) is 0 Å². The summed E-state index contributed by atoms with van der Waals surface area (Å²) in [6.45, 7) is 0.651. The minimum Gasteiger partial charge on any atom is -0.454 e. The molecule has 0 saturated carbocycles. The van der Waals surface area contributed by atoms with Crippen molar-refractivity contribution in [3.05, 3.63) is 46.2 Å². The van der Waals surface area contributed by atoms with E-state index in [1.807, 2.05) is 35.7 Å². The van der Waals surface area contributed by atoms with Crippen LogP contribution in [0.4, 0.5) is 4.79 Å². The largest absolute Gasteiger partial charge is 0.454 e. The first-order chi connectivity index (χ1) is 12.0. The average molecular weight is 361 g/mol. The molecule has 2 aromatic rings. The molecule has 0 saturated heterocycles. The Kier molecular flexibility index (Phi) is 5.08. The zero-order chi connectivity index (χ0) is 17.8. The summed E-state index contributed by atoms with van der Waals surface area (Å²) in [6, 6.07) is 8.26. The molecular weight excluding hydrogens is 342 g/mol. The summed E-state index contributed by atoms with van der Waals surface area (Å²) in [5.74, 6) is 1.30. The average Bonchev–Trinajstić information content (AvgIpc) is 3.24. The van der Waals surface area contributed by atoms with Crippen LogP contribution in [0.15, 0.2) is 35.7 Å². The number of carbonyl (C=O) groups excluding carboxylic acids is 2. The lowest BCUT2D eigenvalue weighted by atomic mass is 10.1. The van der Waals surface area contributed by atoms with E-state index in [0.717, 1.165) is 10.4 Å². The van der Waals surface area contributed by atoms with E-state index < -0.39 is 12.1 Å². The molecule has 0 spiro atoms. The van der Waals surface area contributed by atoms with Gasteiger partial charge in [0.2, 0.25) is 12.7 Å². The Hall–Kier alpha value is -2.74. The Balaban J connectivity index is 1.63. The summed E-state index contributed by atoms with van der Waals surface area (Å²) in [6.07, 6.45) is 0.143. The zero-order valence-electron chi connectivity index (χ0n) is 13.7. The molecular formula is C17H19N3O4S. The molecule has 0 aliphatic carbocycles. The summed E-state index contributed by atoms with van der Waals surface area (Å²) in [4.78, 5) is 26.3. The zero-order valence-corrected chi connectivity index (χ0v) is 14.5. The second kappa shape index (κ2) is 7.43. The number of hydrogen-bond donors (Lipinski definition) is 2. The Bertz CT molecular complexity index is 763. The van der Waals surface area contributed by atoms with Crippen molar-refractivity contribution in [3.63, 3.8) is 0 Å². The fourth-order valence-electron chi connectivity index (χ4n) is 2.62. The second-order valence-corrected chi connectivity index (χ2v) is 6.70. The van der Waals surface area contributed by atoms with Crippen molar-refractivity contribution in [1.82, 2.24) is 10.2 Å². The quantitative estimate of drug-likeness (QED) is 0.825. The molecule has 0 unspecified atom stereocenters. The third-order valence-corrected chi connectivity index (χ3v) is 4.85. The molecule has 0 radical (unpaired) electrons. The van der Waals surface area contributed by atoms with Gasteiger partial charge in [-0.05, 0) is 29.1 Å². The van der Waals surface area contributed by atoms with Gasteiger partial charge in [-0.2, -0.15) is 0 Å². The Labute approximate surface area is 149 Å². The van der Waals surface area contributed by atoms with E-state index in [4.69, 9.17) is 15.2 Å². The molecule has 0 fully saturated rings. The smallest absolute Gasteiger partial charge is 0.312 e. The van der Waals surface area contributed by atoms with E-state index in [1.165, 1.54) is 11.3 Å². The van der Waals surface area contributed by atoms with Crippen LogP contribution in [0.5, 0.6) is 11.5 Å². The van der Waals surface area contributed by atoms with E-state index in [-0.39, 0.29) is 19.1 Å². The Morgan fingerprint density at radius 3 is 2.84 bits per heavy atom. The summed E-state index contributed by atoms with van der Waals surface area (Å²) in [5.41, 5.74) is 6.17. The van der Waals surface area contributed by atoms with Crippen LogP contribution in [0.3, 0.4) is 0 Å². The van der Waals surface area contributed by atoms with Gasteiger partial charge in [-0.25, -0.2) is 4.79 Å². The number of fused-ring (bicyclic) bond motifs is 1. The van der Waals surface area contributed by atoms with Crippen LogP contribution in [0.2, 0.25) is 0 Å². The second-order valence-electron chi connectivity index (χ2n) is 5.72. The van der Waals surface area contributed by atoms with Gasteiger partial charge in [0.25, 0.3) is 0 Å². The number of urea groups is 1. The van der Waals surface area contributed by atoms with Crippen LogP contribution in [-0.2, 0) is 11.3 Å². The van der Waals surface area contributed by atoms with Gasteiger partial charge >= 0.3 is 6.03 Å². The molecule has 2 heterocycles. The minimum absolute atomic E-state index is 0.0928. The van der Waals surface area contributed by atoms with Gasteiger partial charge in [0, 0.05) is 18.5 Å². The maximum Gasteiger partial charge on any atom is 0.312 e. The monoisotopic (exact) mass is 361 g/mol. The molecule has 3 amide bonds. The van der Waals surface area contributed by atoms with Crippen molar-refractivity contribution >= 4 is 23.3 Å². The number of thiophene rings is 1. The van der Waals surface area contributed by atoms with Gasteiger partial charge in [-0.1, -0.05) is 12.1 Å². The number of rotatable bonds is 6. The van der Waals surface area contributed by atoms with E-state index >= 15 is 0 Å².